The highest BCUT2D eigenvalue weighted by atomic mass is 32.2. The standard InChI is InChI=1S/C14H20N2O3S/c1-12(17)16-14(8-4-2-5-9-14)11-20(18,19)13-7-3-6-10-15-13/h3,6-7,10H,2,4-5,8-9,11H2,1H3,(H,16,17). The monoisotopic (exact) mass is 296 g/mol. The summed E-state index contributed by atoms with van der Waals surface area (Å²) >= 11 is 0. The molecule has 1 fully saturated rings. The van der Waals surface area contributed by atoms with Gasteiger partial charge in [-0.25, -0.2) is 13.4 Å². The number of carbonyl (C=O) groups excluding carboxylic acids is 1. The lowest BCUT2D eigenvalue weighted by Crippen LogP contribution is -2.53. The van der Waals surface area contributed by atoms with Gasteiger partial charge in [-0.3, -0.25) is 4.79 Å². The summed E-state index contributed by atoms with van der Waals surface area (Å²) in [7, 11) is -3.49. The lowest BCUT2D eigenvalue weighted by molar-refractivity contribution is -0.121. The van der Waals surface area contributed by atoms with E-state index in [9.17, 15) is 13.2 Å². The van der Waals surface area contributed by atoms with E-state index in [1.807, 2.05) is 0 Å². The zero-order valence-corrected chi connectivity index (χ0v) is 12.4. The Morgan fingerprint density at radius 1 is 1.30 bits per heavy atom. The van der Waals surface area contributed by atoms with Crippen LogP contribution in [0.3, 0.4) is 0 Å². The summed E-state index contributed by atoms with van der Waals surface area (Å²) in [4.78, 5) is 15.3. The molecular weight excluding hydrogens is 276 g/mol. The molecule has 110 valence electrons. The molecule has 2 rings (SSSR count). The van der Waals surface area contributed by atoms with Crippen molar-refractivity contribution in [3.63, 3.8) is 0 Å². The number of hydrogen-bond donors (Lipinski definition) is 1. The first-order valence-electron chi connectivity index (χ1n) is 6.86. The highest BCUT2D eigenvalue weighted by Crippen LogP contribution is 2.31. The summed E-state index contributed by atoms with van der Waals surface area (Å²) in [5, 5.41) is 2.95. The van der Waals surface area contributed by atoms with Gasteiger partial charge in [-0.05, 0) is 25.0 Å². The normalized spacial score (nSPS) is 18.4. The molecule has 1 aliphatic rings. The second kappa shape index (κ2) is 5.91. The van der Waals surface area contributed by atoms with Crippen molar-refractivity contribution in [2.24, 2.45) is 0 Å². The Morgan fingerprint density at radius 2 is 2.00 bits per heavy atom. The van der Waals surface area contributed by atoms with Gasteiger partial charge < -0.3 is 5.32 Å². The zero-order chi connectivity index (χ0) is 14.6. The maximum absolute atomic E-state index is 12.5. The van der Waals surface area contributed by atoms with Gasteiger partial charge in [-0.15, -0.1) is 0 Å². The van der Waals surface area contributed by atoms with E-state index in [0.717, 1.165) is 19.3 Å². The van der Waals surface area contributed by atoms with Crippen molar-refractivity contribution in [3.05, 3.63) is 24.4 Å². The van der Waals surface area contributed by atoms with E-state index in [1.165, 1.54) is 19.2 Å². The number of rotatable bonds is 4. The van der Waals surface area contributed by atoms with Crippen molar-refractivity contribution in [2.75, 3.05) is 5.75 Å². The molecule has 0 aliphatic heterocycles. The smallest absolute Gasteiger partial charge is 0.217 e. The second-order valence-electron chi connectivity index (χ2n) is 5.45. The van der Waals surface area contributed by atoms with Crippen LogP contribution in [-0.4, -0.2) is 30.6 Å². The number of pyridine rings is 1. The fraction of sp³-hybridized carbons (Fsp3) is 0.571. The number of carbonyl (C=O) groups is 1. The molecule has 20 heavy (non-hydrogen) atoms. The molecular formula is C14H20N2O3S. The van der Waals surface area contributed by atoms with E-state index in [2.05, 4.69) is 10.3 Å². The predicted octanol–water partition coefficient (Wildman–Crippen LogP) is 1.69. The van der Waals surface area contributed by atoms with Crippen LogP contribution in [-0.2, 0) is 14.6 Å². The summed E-state index contributed by atoms with van der Waals surface area (Å²) in [5.41, 5.74) is -0.638. The fourth-order valence-corrected chi connectivity index (χ4v) is 4.62. The number of hydrogen-bond acceptors (Lipinski definition) is 4. The molecule has 1 heterocycles. The third-order valence-corrected chi connectivity index (χ3v) is 5.49. The lowest BCUT2D eigenvalue weighted by atomic mass is 9.83. The van der Waals surface area contributed by atoms with Gasteiger partial charge in [0.25, 0.3) is 0 Å². The van der Waals surface area contributed by atoms with Gasteiger partial charge in [0, 0.05) is 13.1 Å². The highest BCUT2D eigenvalue weighted by Gasteiger charge is 2.38. The molecule has 1 aliphatic carbocycles. The Balaban J connectivity index is 2.25. The summed E-state index contributed by atoms with van der Waals surface area (Å²) in [6.07, 6.45) is 5.86. The SMILES string of the molecule is CC(=O)NC1(CS(=O)(=O)c2ccccn2)CCCCC1. The third-order valence-electron chi connectivity index (χ3n) is 3.67. The van der Waals surface area contributed by atoms with Crippen LogP contribution < -0.4 is 5.32 Å². The minimum absolute atomic E-state index is 0.0728. The van der Waals surface area contributed by atoms with E-state index in [1.54, 1.807) is 12.1 Å². The molecule has 0 spiro atoms. The van der Waals surface area contributed by atoms with E-state index >= 15 is 0 Å². The first kappa shape index (κ1) is 15.0. The van der Waals surface area contributed by atoms with Crippen LogP contribution in [0.4, 0.5) is 0 Å². The molecule has 1 aromatic rings. The summed E-state index contributed by atoms with van der Waals surface area (Å²) in [5.74, 6) is -0.250. The topological polar surface area (TPSA) is 76.1 Å². The summed E-state index contributed by atoms with van der Waals surface area (Å²) < 4.78 is 24.9. The molecule has 1 N–H and O–H groups in total. The molecule has 0 saturated heterocycles. The molecule has 1 amide bonds. The molecule has 5 nitrogen and oxygen atoms in total. The van der Waals surface area contributed by atoms with Crippen molar-refractivity contribution in [2.45, 2.75) is 49.6 Å². The van der Waals surface area contributed by atoms with Crippen LogP contribution in [0.2, 0.25) is 0 Å². The van der Waals surface area contributed by atoms with Gasteiger partial charge in [0.1, 0.15) is 0 Å². The number of nitrogens with one attached hydrogen (secondary N) is 1. The molecule has 0 aromatic carbocycles. The molecule has 0 bridgehead atoms. The van der Waals surface area contributed by atoms with Crippen LogP contribution in [0.1, 0.15) is 39.0 Å². The van der Waals surface area contributed by atoms with Crippen LogP contribution in [0, 0.1) is 0 Å². The molecule has 1 saturated carbocycles. The van der Waals surface area contributed by atoms with Gasteiger partial charge in [0.15, 0.2) is 14.9 Å². The van der Waals surface area contributed by atoms with Crippen LogP contribution in [0.5, 0.6) is 0 Å². The minimum atomic E-state index is -3.49. The average molecular weight is 296 g/mol. The number of sulfone groups is 1. The van der Waals surface area contributed by atoms with Crippen LogP contribution in [0.15, 0.2) is 29.4 Å². The van der Waals surface area contributed by atoms with E-state index in [-0.39, 0.29) is 16.7 Å². The van der Waals surface area contributed by atoms with Gasteiger partial charge in [-0.1, -0.05) is 25.3 Å². The second-order valence-corrected chi connectivity index (χ2v) is 7.39. The van der Waals surface area contributed by atoms with Gasteiger partial charge in [-0.2, -0.15) is 0 Å². The van der Waals surface area contributed by atoms with Gasteiger partial charge in [0.05, 0.1) is 11.3 Å². The Bertz CT molecular complexity index is 563. The van der Waals surface area contributed by atoms with Gasteiger partial charge >= 0.3 is 0 Å². The maximum Gasteiger partial charge on any atom is 0.217 e. The van der Waals surface area contributed by atoms with Crippen LogP contribution in [0.25, 0.3) is 0 Å². The van der Waals surface area contributed by atoms with E-state index < -0.39 is 15.4 Å². The van der Waals surface area contributed by atoms with Crippen molar-refractivity contribution < 1.29 is 13.2 Å². The Kier molecular flexibility index (Phi) is 4.42. The molecule has 1 aromatic heterocycles. The summed E-state index contributed by atoms with van der Waals surface area (Å²) in [6, 6.07) is 4.84. The molecule has 0 unspecified atom stereocenters. The number of amides is 1. The first-order chi connectivity index (χ1) is 9.44. The number of nitrogens with zero attached hydrogens (tertiary/aromatic N) is 1. The average Bonchev–Trinajstić information content (AvgIpc) is 2.39. The Morgan fingerprint density at radius 3 is 2.55 bits per heavy atom. The maximum atomic E-state index is 12.5. The third kappa shape index (κ3) is 3.56. The van der Waals surface area contributed by atoms with Gasteiger partial charge in [0.2, 0.25) is 5.91 Å². The lowest BCUT2D eigenvalue weighted by Gasteiger charge is -2.37. The van der Waals surface area contributed by atoms with E-state index in [4.69, 9.17) is 0 Å². The predicted molar refractivity (Wildman–Crippen MR) is 75.9 cm³/mol. The van der Waals surface area contributed by atoms with Crippen molar-refractivity contribution >= 4 is 15.7 Å². The molecule has 0 atom stereocenters. The molecule has 6 heteroatoms. The Labute approximate surface area is 119 Å². The highest BCUT2D eigenvalue weighted by molar-refractivity contribution is 7.91. The van der Waals surface area contributed by atoms with Crippen molar-refractivity contribution in [3.8, 4) is 0 Å². The quantitative estimate of drug-likeness (QED) is 0.917. The summed E-state index contributed by atoms with van der Waals surface area (Å²) in [6.45, 7) is 1.43. The largest absolute Gasteiger partial charge is 0.350 e. The minimum Gasteiger partial charge on any atom is -0.350 e. The fourth-order valence-electron chi connectivity index (χ4n) is 2.88. The Hall–Kier alpha value is -1.43. The first-order valence-corrected chi connectivity index (χ1v) is 8.51. The van der Waals surface area contributed by atoms with Crippen molar-refractivity contribution in [1.82, 2.24) is 10.3 Å². The number of aromatic nitrogens is 1. The van der Waals surface area contributed by atoms with Crippen molar-refractivity contribution in [1.29, 1.82) is 0 Å². The van der Waals surface area contributed by atoms with E-state index in [0.29, 0.717) is 12.8 Å². The molecule has 0 radical (unpaired) electrons. The zero-order valence-electron chi connectivity index (χ0n) is 11.6. The van der Waals surface area contributed by atoms with Crippen LogP contribution >= 0.6 is 0 Å².